The molecule has 2 amide bonds. The van der Waals surface area contributed by atoms with Crippen LogP contribution in [0, 0.1) is 0 Å². The highest BCUT2D eigenvalue weighted by Crippen LogP contribution is 2.17. The lowest BCUT2D eigenvalue weighted by molar-refractivity contribution is -0.149. The summed E-state index contributed by atoms with van der Waals surface area (Å²) >= 11 is 5.91. The first-order valence-corrected chi connectivity index (χ1v) is 8.57. The van der Waals surface area contributed by atoms with Crippen LogP contribution in [-0.4, -0.2) is 63.6 Å². The minimum absolute atomic E-state index is 0.000178. The average Bonchev–Trinajstić information content (AvgIpc) is 3.07. The third-order valence-electron chi connectivity index (χ3n) is 4.63. The Kier molecular flexibility index (Phi) is 4.19. The maximum absolute atomic E-state index is 12.0. The van der Waals surface area contributed by atoms with Crippen LogP contribution in [-0.2, 0) is 16.1 Å². The molecule has 0 spiro atoms. The number of halogens is 1. The van der Waals surface area contributed by atoms with Gasteiger partial charge in [-0.2, -0.15) is 5.10 Å². The lowest BCUT2D eigenvalue weighted by Gasteiger charge is -2.42. The van der Waals surface area contributed by atoms with Crippen molar-refractivity contribution in [1.29, 1.82) is 0 Å². The number of rotatable bonds is 3. The van der Waals surface area contributed by atoms with E-state index in [0.717, 1.165) is 17.8 Å². The molecule has 130 valence electrons. The molecule has 0 aliphatic carbocycles. The Morgan fingerprint density at radius 2 is 2.00 bits per heavy atom. The lowest BCUT2D eigenvalue weighted by Crippen LogP contribution is -2.65. The second-order valence-electron chi connectivity index (χ2n) is 6.33. The number of nitrogens with zero attached hydrogens (tertiary/aromatic N) is 4. The van der Waals surface area contributed by atoms with Gasteiger partial charge in [-0.15, -0.1) is 0 Å². The number of benzene rings is 1. The predicted molar refractivity (Wildman–Crippen MR) is 92.4 cm³/mol. The van der Waals surface area contributed by atoms with Gasteiger partial charge in [-0.05, 0) is 24.3 Å². The first kappa shape index (κ1) is 16.1. The number of fused-ring (bicyclic) bond motifs is 1. The summed E-state index contributed by atoms with van der Waals surface area (Å²) in [5.41, 5.74) is 2.00. The second-order valence-corrected chi connectivity index (χ2v) is 6.76. The van der Waals surface area contributed by atoms with E-state index in [1.807, 2.05) is 36.7 Å². The van der Waals surface area contributed by atoms with E-state index in [-0.39, 0.29) is 24.4 Å². The smallest absolute Gasteiger partial charge is 0.244 e. The molecule has 0 radical (unpaired) electrons. The molecule has 1 aromatic carbocycles. The summed E-state index contributed by atoms with van der Waals surface area (Å²) < 4.78 is 1.80. The molecule has 1 aromatic heterocycles. The Labute approximate surface area is 150 Å². The van der Waals surface area contributed by atoms with Crippen LogP contribution in [0.25, 0.3) is 5.69 Å². The van der Waals surface area contributed by atoms with Gasteiger partial charge < -0.3 is 10.2 Å². The minimum atomic E-state index is -0.388. The minimum Gasteiger partial charge on any atom is -0.345 e. The van der Waals surface area contributed by atoms with Crippen molar-refractivity contribution in [2.24, 2.45) is 0 Å². The lowest BCUT2D eigenvalue weighted by atomic mass is 10.1. The molecule has 1 atom stereocenters. The van der Waals surface area contributed by atoms with Crippen molar-refractivity contribution in [1.82, 2.24) is 24.9 Å². The molecule has 2 aliphatic rings. The second kappa shape index (κ2) is 6.50. The van der Waals surface area contributed by atoms with Crippen LogP contribution in [0.1, 0.15) is 5.56 Å². The number of hydrogen-bond donors (Lipinski definition) is 1. The number of carbonyl (C=O) groups is 2. The van der Waals surface area contributed by atoms with Gasteiger partial charge in [0.2, 0.25) is 11.8 Å². The molecule has 0 unspecified atom stereocenters. The van der Waals surface area contributed by atoms with Crippen molar-refractivity contribution >= 4 is 23.4 Å². The van der Waals surface area contributed by atoms with Crippen molar-refractivity contribution in [3.63, 3.8) is 0 Å². The number of carbonyl (C=O) groups excluding carboxylic acids is 2. The van der Waals surface area contributed by atoms with Crippen LogP contribution in [0.5, 0.6) is 0 Å². The summed E-state index contributed by atoms with van der Waals surface area (Å²) in [4.78, 5) is 27.8. The summed E-state index contributed by atoms with van der Waals surface area (Å²) in [5.74, 6) is -0.0685. The topological polar surface area (TPSA) is 70.5 Å². The largest absolute Gasteiger partial charge is 0.345 e. The van der Waals surface area contributed by atoms with Crippen molar-refractivity contribution in [3.8, 4) is 5.69 Å². The maximum atomic E-state index is 12.0. The Hall–Kier alpha value is -2.38. The van der Waals surface area contributed by atoms with E-state index < -0.39 is 0 Å². The quantitative estimate of drug-likeness (QED) is 0.874. The van der Waals surface area contributed by atoms with E-state index >= 15 is 0 Å². The average molecular weight is 360 g/mol. The van der Waals surface area contributed by atoms with E-state index in [1.54, 1.807) is 9.58 Å². The molecule has 8 heteroatoms. The Balaban J connectivity index is 1.44. The monoisotopic (exact) mass is 359 g/mol. The molecule has 2 aliphatic heterocycles. The van der Waals surface area contributed by atoms with Crippen LogP contribution in [0.4, 0.5) is 0 Å². The van der Waals surface area contributed by atoms with E-state index in [9.17, 15) is 9.59 Å². The van der Waals surface area contributed by atoms with Gasteiger partial charge in [-0.1, -0.05) is 11.6 Å². The molecule has 2 fully saturated rings. The van der Waals surface area contributed by atoms with Crippen molar-refractivity contribution < 1.29 is 9.59 Å². The third-order valence-corrected chi connectivity index (χ3v) is 4.89. The van der Waals surface area contributed by atoms with Gasteiger partial charge in [0.25, 0.3) is 0 Å². The van der Waals surface area contributed by atoms with Gasteiger partial charge in [-0.25, -0.2) is 4.68 Å². The maximum Gasteiger partial charge on any atom is 0.244 e. The van der Waals surface area contributed by atoms with Crippen LogP contribution >= 0.6 is 11.6 Å². The van der Waals surface area contributed by atoms with Gasteiger partial charge in [-0.3, -0.25) is 14.5 Å². The van der Waals surface area contributed by atoms with Crippen molar-refractivity contribution in [2.45, 2.75) is 12.6 Å². The standard InChI is InChI=1S/C17H18ClN5O2/c18-13-1-3-14(4-2-13)23-10-12(7-20-23)9-21-5-6-22-15(11-21)17(25)19-8-16(22)24/h1-4,7,10,15H,5-6,8-9,11H2,(H,19,25)/t15-/m1/s1. The first-order chi connectivity index (χ1) is 12.1. The number of piperazine rings is 2. The number of nitrogens with one attached hydrogen (secondary N) is 1. The third kappa shape index (κ3) is 3.25. The van der Waals surface area contributed by atoms with Gasteiger partial charge in [0.15, 0.2) is 0 Å². The fourth-order valence-electron chi connectivity index (χ4n) is 3.32. The highest BCUT2D eigenvalue weighted by atomic mass is 35.5. The van der Waals surface area contributed by atoms with Gasteiger partial charge in [0, 0.05) is 43.0 Å². The van der Waals surface area contributed by atoms with Gasteiger partial charge >= 0.3 is 0 Å². The van der Waals surface area contributed by atoms with Crippen molar-refractivity contribution in [3.05, 3.63) is 47.2 Å². The molecule has 0 bridgehead atoms. The van der Waals surface area contributed by atoms with E-state index in [0.29, 0.717) is 24.7 Å². The zero-order valence-electron chi connectivity index (χ0n) is 13.6. The predicted octanol–water partition coefficient (Wildman–Crippen LogP) is 0.668. The number of aromatic nitrogens is 2. The molecule has 2 saturated heterocycles. The van der Waals surface area contributed by atoms with Crippen LogP contribution < -0.4 is 5.32 Å². The van der Waals surface area contributed by atoms with Crippen LogP contribution in [0.15, 0.2) is 36.7 Å². The molecular weight excluding hydrogens is 342 g/mol. The van der Waals surface area contributed by atoms with Crippen LogP contribution in [0.2, 0.25) is 5.02 Å². The summed E-state index contributed by atoms with van der Waals surface area (Å²) in [6, 6.07) is 7.10. The fourth-order valence-corrected chi connectivity index (χ4v) is 3.45. The molecule has 4 rings (SSSR count). The molecule has 7 nitrogen and oxygen atoms in total. The molecule has 1 N–H and O–H groups in total. The normalized spacial score (nSPS) is 21.2. The van der Waals surface area contributed by atoms with E-state index in [4.69, 9.17) is 11.6 Å². The van der Waals surface area contributed by atoms with Crippen molar-refractivity contribution in [2.75, 3.05) is 26.2 Å². The molecule has 0 saturated carbocycles. The zero-order valence-corrected chi connectivity index (χ0v) is 14.3. The highest BCUT2D eigenvalue weighted by Gasteiger charge is 2.38. The van der Waals surface area contributed by atoms with E-state index in [1.165, 1.54) is 0 Å². The van der Waals surface area contributed by atoms with Crippen LogP contribution in [0.3, 0.4) is 0 Å². The summed E-state index contributed by atoms with van der Waals surface area (Å²) in [5, 5.41) is 7.74. The Morgan fingerprint density at radius 3 is 2.80 bits per heavy atom. The zero-order chi connectivity index (χ0) is 17.4. The number of amides is 2. The number of hydrogen-bond acceptors (Lipinski definition) is 4. The summed E-state index contributed by atoms with van der Waals surface area (Å²) in [6.07, 6.45) is 3.80. The molecule has 3 heterocycles. The first-order valence-electron chi connectivity index (χ1n) is 8.19. The van der Waals surface area contributed by atoms with E-state index in [2.05, 4.69) is 15.3 Å². The fraction of sp³-hybridized carbons (Fsp3) is 0.353. The summed E-state index contributed by atoms with van der Waals surface area (Å²) in [6.45, 7) is 2.69. The Morgan fingerprint density at radius 1 is 1.20 bits per heavy atom. The van der Waals surface area contributed by atoms with Gasteiger partial charge in [0.1, 0.15) is 6.04 Å². The molecule has 2 aromatic rings. The highest BCUT2D eigenvalue weighted by molar-refractivity contribution is 6.30. The summed E-state index contributed by atoms with van der Waals surface area (Å²) in [7, 11) is 0. The van der Waals surface area contributed by atoms with Gasteiger partial charge in [0.05, 0.1) is 18.4 Å². The molecule has 25 heavy (non-hydrogen) atoms. The molecular formula is C17H18ClN5O2. The SMILES string of the molecule is O=C1NCC(=O)N2CCN(Cc3cnn(-c4ccc(Cl)cc4)c3)C[C@H]12. The Bertz CT molecular complexity index is 804.